The molecule has 0 saturated carbocycles. The van der Waals surface area contributed by atoms with Crippen molar-refractivity contribution >= 4 is 61.9 Å². The zero-order chi connectivity index (χ0) is 17.6. The second-order valence-electron chi connectivity index (χ2n) is 5.22. The van der Waals surface area contributed by atoms with E-state index in [2.05, 4.69) is 15.9 Å². The number of hydrogen-bond acceptors (Lipinski definition) is 5. The van der Waals surface area contributed by atoms with Crippen LogP contribution in [0.5, 0.6) is 11.5 Å². The molecule has 8 heteroatoms. The van der Waals surface area contributed by atoms with Crippen LogP contribution < -0.4 is 14.4 Å². The van der Waals surface area contributed by atoms with Gasteiger partial charge < -0.3 is 9.47 Å². The van der Waals surface area contributed by atoms with E-state index in [1.807, 2.05) is 0 Å². The Morgan fingerprint density at radius 2 is 1.88 bits per heavy atom. The topological polar surface area (TPSA) is 38.8 Å². The van der Waals surface area contributed by atoms with Crippen LogP contribution >= 0.6 is 39.9 Å². The number of amides is 1. The highest BCUT2D eigenvalue weighted by molar-refractivity contribution is 9.10. The van der Waals surface area contributed by atoms with E-state index in [1.165, 1.54) is 40.9 Å². The molecule has 25 heavy (non-hydrogen) atoms. The first-order chi connectivity index (χ1) is 12.0. The number of benzene rings is 2. The summed E-state index contributed by atoms with van der Waals surface area (Å²) < 4.78 is 25.0. The zero-order valence-electron chi connectivity index (χ0n) is 12.5. The normalized spacial score (nSPS) is 17.7. The molecule has 1 amide bonds. The molecule has 0 radical (unpaired) electrons. The van der Waals surface area contributed by atoms with Crippen molar-refractivity contribution in [2.24, 2.45) is 0 Å². The largest absolute Gasteiger partial charge is 0.454 e. The van der Waals surface area contributed by atoms with Gasteiger partial charge in [-0.3, -0.25) is 9.69 Å². The molecule has 0 bridgehead atoms. The third kappa shape index (κ3) is 3.05. The number of anilines is 1. The predicted molar refractivity (Wildman–Crippen MR) is 102 cm³/mol. The third-order valence-corrected chi connectivity index (χ3v) is 5.65. The minimum Gasteiger partial charge on any atom is -0.454 e. The molecule has 0 N–H and O–H groups in total. The number of fused-ring (bicyclic) bond motifs is 1. The molecular weight excluding hydrogens is 429 g/mol. The Morgan fingerprint density at radius 1 is 1.20 bits per heavy atom. The van der Waals surface area contributed by atoms with E-state index in [1.54, 1.807) is 18.2 Å². The fraction of sp³-hybridized carbons (Fsp3) is 0.0588. The van der Waals surface area contributed by atoms with Crippen LogP contribution in [0.2, 0.25) is 0 Å². The Balaban J connectivity index is 1.68. The highest BCUT2D eigenvalue weighted by Crippen LogP contribution is 2.40. The molecule has 4 nitrogen and oxygen atoms in total. The Kier molecular flexibility index (Phi) is 4.26. The molecule has 1 saturated heterocycles. The van der Waals surface area contributed by atoms with Crippen molar-refractivity contribution in [3.05, 3.63) is 57.2 Å². The van der Waals surface area contributed by atoms with Crippen molar-refractivity contribution in [3.8, 4) is 11.5 Å². The molecule has 0 unspecified atom stereocenters. The monoisotopic (exact) mass is 437 g/mol. The summed E-state index contributed by atoms with van der Waals surface area (Å²) in [5.74, 6) is 0.673. The van der Waals surface area contributed by atoms with Crippen LogP contribution in [0.25, 0.3) is 6.08 Å². The number of halogens is 2. The smallest absolute Gasteiger partial charge is 0.270 e. The fourth-order valence-electron chi connectivity index (χ4n) is 2.47. The molecule has 126 valence electrons. The minimum absolute atomic E-state index is 0.178. The van der Waals surface area contributed by atoms with E-state index in [9.17, 15) is 9.18 Å². The van der Waals surface area contributed by atoms with Gasteiger partial charge in [0.1, 0.15) is 5.82 Å². The van der Waals surface area contributed by atoms with E-state index in [-0.39, 0.29) is 18.5 Å². The first-order valence-corrected chi connectivity index (χ1v) is 9.17. The zero-order valence-corrected chi connectivity index (χ0v) is 15.7. The van der Waals surface area contributed by atoms with Gasteiger partial charge in [-0.2, -0.15) is 0 Å². The summed E-state index contributed by atoms with van der Waals surface area (Å²) in [4.78, 5) is 14.6. The van der Waals surface area contributed by atoms with Gasteiger partial charge in [0.15, 0.2) is 15.8 Å². The number of nitrogens with zero attached hydrogens (tertiary/aromatic N) is 1. The van der Waals surface area contributed by atoms with E-state index >= 15 is 0 Å². The maximum atomic E-state index is 13.1. The van der Waals surface area contributed by atoms with E-state index in [0.717, 1.165) is 10.0 Å². The van der Waals surface area contributed by atoms with E-state index in [4.69, 9.17) is 21.7 Å². The van der Waals surface area contributed by atoms with Crippen LogP contribution in [-0.2, 0) is 4.79 Å². The van der Waals surface area contributed by atoms with Gasteiger partial charge in [0.25, 0.3) is 5.91 Å². The van der Waals surface area contributed by atoms with Gasteiger partial charge in [-0.05, 0) is 48.0 Å². The summed E-state index contributed by atoms with van der Waals surface area (Å²) in [5.41, 5.74) is 1.32. The number of carbonyl (C=O) groups is 1. The van der Waals surface area contributed by atoms with Gasteiger partial charge in [-0.15, -0.1) is 0 Å². The van der Waals surface area contributed by atoms with Crippen molar-refractivity contribution < 1.29 is 18.7 Å². The number of ether oxygens (including phenoxy) is 2. The average Bonchev–Trinajstić information content (AvgIpc) is 3.13. The molecule has 2 aromatic rings. The second-order valence-corrected chi connectivity index (χ2v) is 7.75. The number of thiocarbonyl (C=S) groups is 1. The minimum atomic E-state index is -0.367. The lowest BCUT2D eigenvalue weighted by Gasteiger charge is -2.14. The van der Waals surface area contributed by atoms with Gasteiger partial charge in [0.2, 0.25) is 6.79 Å². The Morgan fingerprint density at radius 3 is 2.60 bits per heavy atom. The number of rotatable bonds is 2. The van der Waals surface area contributed by atoms with Gasteiger partial charge in [0, 0.05) is 4.47 Å². The van der Waals surface area contributed by atoms with Crippen molar-refractivity contribution in [1.29, 1.82) is 0 Å². The third-order valence-electron chi connectivity index (χ3n) is 3.66. The van der Waals surface area contributed by atoms with Gasteiger partial charge in [-0.25, -0.2) is 4.39 Å². The molecule has 0 aliphatic carbocycles. The van der Waals surface area contributed by atoms with Gasteiger partial charge in [0.05, 0.1) is 10.6 Å². The standard InChI is InChI=1S/C17H9BrFNO3S2/c18-12-7-14-13(22-8-23-14)5-9(12)6-15-16(21)20(17(24)25-15)11-3-1-10(19)2-4-11/h1-7H,8H2. The Hall–Kier alpha value is -1.90. The lowest BCUT2D eigenvalue weighted by molar-refractivity contribution is -0.113. The van der Waals surface area contributed by atoms with Gasteiger partial charge in [-0.1, -0.05) is 39.9 Å². The van der Waals surface area contributed by atoms with Gasteiger partial charge >= 0.3 is 0 Å². The fourth-order valence-corrected chi connectivity index (χ4v) is 4.19. The summed E-state index contributed by atoms with van der Waals surface area (Å²) in [6.07, 6.45) is 1.74. The predicted octanol–water partition coefficient (Wildman–Crippen LogP) is 4.72. The summed E-state index contributed by atoms with van der Waals surface area (Å²) in [5, 5.41) is 0. The van der Waals surface area contributed by atoms with Crippen LogP contribution in [0.1, 0.15) is 5.56 Å². The molecule has 1 fully saturated rings. The van der Waals surface area contributed by atoms with Crippen molar-refractivity contribution in [3.63, 3.8) is 0 Å². The SMILES string of the molecule is O=C1C(=Cc2cc3c(cc2Br)OCO3)SC(=S)N1c1ccc(F)cc1. The van der Waals surface area contributed by atoms with E-state index in [0.29, 0.717) is 26.4 Å². The van der Waals surface area contributed by atoms with Crippen LogP contribution in [0.4, 0.5) is 10.1 Å². The highest BCUT2D eigenvalue weighted by Gasteiger charge is 2.33. The number of hydrogen-bond donors (Lipinski definition) is 0. The average molecular weight is 438 g/mol. The first kappa shape index (κ1) is 16.6. The van der Waals surface area contributed by atoms with Crippen LogP contribution in [0.15, 0.2) is 45.8 Å². The quantitative estimate of drug-likeness (QED) is 0.501. The Bertz CT molecular complexity index is 930. The molecule has 2 aliphatic rings. The molecule has 2 heterocycles. The molecular formula is C17H9BrFNO3S2. The van der Waals surface area contributed by atoms with Crippen molar-refractivity contribution in [1.82, 2.24) is 0 Å². The second kappa shape index (κ2) is 6.44. The highest BCUT2D eigenvalue weighted by atomic mass is 79.9. The first-order valence-electron chi connectivity index (χ1n) is 7.15. The summed E-state index contributed by atoms with van der Waals surface area (Å²) in [6.45, 7) is 0.178. The van der Waals surface area contributed by atoms with Crippen LogP contribution in [-0.4, -0.2) is 17.0 Å². The summed E-state index contributed by atoms with van der Waals surface area (Å²) in [7, 11) is 0. The summed E-state index contributed by atoms with van der Waals surface area (Å²) >= 11 is 9.99. The van der Waals surface area contributed by atoms with Crippen molar-refractivity contribution in [2.75, 3.05) is 11.7 Å². The molecule has 2 aliphatic heterocycles. The maximum Gasteiger partial charge on any atom is 0.270 e. The number of thioether (sulfide) groups is 1. The molecule has 4 rings (SSSR count). The van der Waals surface area contributed by atoms with Crippen molar-refractivity contribution in [2.45, 2.75) is 0 Å². The number of carbonyl (C=O) groups excluding carboxylic acids is 1. The molecule has 0 aromatic heterocycles. The van der Waals surface area contributed by atoms with Crippen LogP contribution in [0, 0.1) is 5.82 Å². The molecule has 0 spiro atoms. The van der Waals surface area contributed by atoms with Crippen LogP contribution in [0.3, 0.4) is 0 Å². The maximum absolute atomic E-state index is 13.1. The van der Waals surface area contributed by atoms with E-state index < -0.39 is 0 Å². The lowest BCUT2D eigenvalue weighted by atomic mass is 10.2. The summed E-state index contributed by atoms with van der Waals surface area (Å²) in [6, 6.07) is 9.25. The Labute approximate surface area is 160 Å². The molecule has 0 atom stereocenters. The lowest BCUT2D eigenvalue weighted by Crippen LogP contribution is -2.27. The molecule has 2 aromatic carbocycles.